The first-order valence-corrected chi connectivity index (χ1v) is 16.4. The number of hydrogen-bond acceptors (Lipinski definition) is 9. The topological polar surface area (TPSA) is 134 Å². The Kier molecular flexibility index (Phi) is 10.4. The molecule has 0 saturated carbocycles. The summed E-state index contributed by atoms with van der Waals surface area (Å²) in [7, 11) is 1.27. The van der Waals surface area contributed by atoms with Crippen LogP contribution < -0.4 is 15.4 Å². The maximum atomic E-state index is 14.9. The van der Waals surface area contributed by atoms with Gasteiger partial charge >= 0.3 is 0 Å². The summed E-state index contributed by atoms with van der Waals surface area (Å²) in [6.07, 6.45) is 5.15. The number of nitrogens with zero attached hydrogens (tertiary/aromatic N) is 5. The molecule has 2 atom stereocenters. The number of nitrogens with one attached hydrogen (secondary N) is 2. The Morgan fingerprint density at radius 1 is 1.12 bits per heavy atom. The number of anilines is 2. The third-order valence-electron chi connectivity index (χ3n) is 9.15. The minimum absolute atomic E-state index is 0.0271. The summed E-state index contributed by atoms with van der Waals surface area (Å²) in [5, 5.41) is 16.6. The van der Waals surface area contributed by atoms with Gasteiger partial charge in [-0.3, -0.25) is 18.9 Å². The second kappa shape index (κ2) is 14.8. The first-order chi connectivity index (χ1) is 23.6. The number of morpholine rings is 1. The van der Waals surface area contributed by atoms with Crippen molar-refractivity contribution in [2.24, 2.45) is 5.92 Å². The summed E-state index contributed by atoms with van der Waals surface area (Å²) in [5.41, 5.74) is 2.75. The second-order valence-corrected chi connectivity index (χ2v) is 12.6. The number of β-amino-alcohol motifs (C(OH)–C–C–N with tert-alkyl or cyclic N) is 1. The molecule has 0 aliphatic carbocycles. The number of likely N-dealkylation sites (tertiary alicyclic amines) is 1. The molecule has 2 fully saturated rings. The predicted octanol–water partition coefficient (Wildman–Crippen LogP) is 3.79. The number of halogens is 2. The quantitative estimate of drug-likeness (QED) is 0.229. The molecule has 2 aliphatic heterocycles. The van der Waals surface area contributed by atoms with Crippen LogP contribution in [-0.2, 0) is 9.53 Å². The van der Waals surface area contributed by atoms with Gasteiger partial charge in [0, 0.05) is 74.4 Å². The SMILES string of the molecule is COc1ccc(-c2cnc3c(Nc4ccc(C(=O)N5CCC(C(=O)NCC(O)CN6CCOC(C)C6)CC5)c(C)c4)nccn23)c(F)c1F. The fourth-order valence-electron chi connectivity index (χ4n) is 6.51. The number of imidazole rings is 1. The van der Waals surface area contributed by atoms with E-state index in [9.17, 15) is 23.5 Å². The summed E-state index contributed by atoms with van der Waals surface area (Å²) in [6, 6.07) is 8.16. The first kappa shape index (κ1) is 34.2. The number of aliphatic hydroxyl groups excluding tert-OH is 1. The Morgan fingerprint density at radius 3 is 2.65 bits per heavy atom. The molecule has 0 spiro atoms. The second-order valence-electron chi connectivity index (χ2n) is 12.6. The van der Waals surface area contributed by atoms with Crippen molar-refractivity contribution >= 4 is 29.0 Å². The Morgan fingerprint density at radius 2 is 1.92 bits per heavy atom. The normalized spacial score (nSPS) is 18.0. The van der Waals surface area contributed by atoms with Crippen LogP contribution in [0.3, 0.4) is 0 Å². The highest BCUT2D eigenvalue weighted by molar-refractivity contribution is 5.96. The summed E-state index contributed by atoms with van der Waals surface area (Å²) in [4.78, 5) is 39.0. The van der Waals surface area contributed by atoms with Gasteiger partial charge < -0.3 is 30.1 Å². The van der Waals surface area contributed by atoms with Crippen LogP contribution in [0.15, 0.2) is 48.9 Å². The Bertz CT molecular complexity index is 1830. The Balaban J connectivity index is 1.04. The van der Waals surface area contributed by atoms with Gasteiger partial charge in [0.2, 0.25) is 11.7 Å². The molecular weight excluding hydrogens is 636 g/mol. The number of aromatic nitrogens is 3. The molecule has 0 bridgehead atoms. The van der Waals surface area contributed by atoms with E-state index >= 15 is 0 Å². The highest BCUT2D eigenvalue weighted by Crippen LogP contribution is 2.32. The Labute approximate surface area is 283 Å². The number of carbonyl (C=O) groups is 2. The molecule has 3 N–H and O–H groups in total. The zero-order chi connectivity index (χ0) is 34.7. The van der Waals surface area contributed by atoms with E-state index in [0.29, 0.717) is 67.5 Å². The van der Waals surface area contributed by atoms with E-state index in [2.05, 4.69) is 25.5 Å². The number of piperidine rings is 1. The number of carbonyl (C=O) groups excluding carboxylic acids is 2. The van der Waals surface area contributed by atoms with Gasteiger partial charge in [-0.15, -0.1) is 0 Å². The first-order valence-electron chi connectivity index (χ1n) is 16.4. The predicted molar refractivity (Wildman–Crippen MR) is 179 cm³/mol. The number of amides is 2. The Hall–Kier alpha value is -4.66. The van der Waals surface area contributed by atoms with Crippen LogP contribution in [0.5, 0.6) is 5.75 Å². The third-order valence-corrected chi connectivity index (χ3v) is 9.15. The lowest BCUT2D eigenvalue weighted by atomic mass is 9.95. The molecule has 2 aromatic carbocycles. The largest absolute Gasteiger partial charge is 0.494 e. The van der Waals surface area contributed by atoms with Crippen molar-refractivity contribution in [3.63, 3.8) is 0 Å². The van der Waals surface area contributed by atoms with Crippen LogP contribution in [0.2, 0.25) is 0 Å². The average molecular weight is 678 g/mol. The lowest BCUT2D eigenvalue weighted by Crippen LogP contribution is -2.48. The molecule has 49 heavy (non-hydrogen) atoms. The smallest absolute Gasteiger partial charge is 0.254 e. The van der Waals surface area contributed by atoms with Crippen LogP contribution in [0.4, 0.5) is 20.3 Å². The molecule has 6 rings (SSSR count). The number of methoxy groups -OCH3 is 1. The lowest BCUT2D eigenvalue weighted by Gasteiger charge is -2.33. The molecular formula is C35H41F2N7O5. The van der Waals surface area contributed by atoms with Crippen LogP contribution >= 0.6 is 0 Å². The van der Waals surface area contributed by atoms with Gasteiger partial charge in [-0.2, -0.15) is 4.39 Å². The average Bonchev–Trinajstić information content (AvgIpc) is 3.53. The lowest BCUT2D eigenvalue weighted by molar-refractivity contribution is -0.126. The summed E-state index contributed by atoms with van der Waals surface area (Å²) in [6.45, 7) is 7.61. The molecule has 2 unspecified atom stereocenters. The van der Waals surface area contributed by atoms with Gasteiger partial charge in [-0.25, -0.2) is 14.4 Å². The zero-order valence-electron chi connectivity index (χ0n) is 27.8. The number of benzene rings is 2. The maximum absolute atomic E-state index is 14.9. The van der Waals surface area contributed by atoms with Gasteiger partial charge in [0.1, 0.15) is 0 Å². The molecule has 2 amide bonds. The van der Waals surface area contributed by atoms with Crippen LogP contribution in [0.25, 0.3) is 16.9 Å². The van der Waals surface area contributed by atoms with Crippen molar-refractivity contribution in [1.82, 2.24) is 29.5 Å². The van der Waals surface area contributed by atoms with Gasteiger partial charge in [-0.1, -0.05) is 0 Å². The molecule has 2 saturated heterocycles. The fourth-order valence-corrected chi connectivity index (χ4v) is 6.51. The van der Waals surface area contributed by atoms with Crippen LogP contribution in [0, 0.1) is 24.5 Å². The van der Waals surface area contributed by atoms with Crippen molar-refractivity contribution < 1.29 is 33.0 Å². The minimum Gasteiger partial charge on any atom is -0.494 e. The van der Waals surface area contributed by atoms with Crippen molar-refractivity contribution in [2.75, 3.05) is 58.3 Å². The van der Waals surface area contributed by atoms with Crippen LogP contribution in [-0.4, -0.2) is 106 Å². The maximum Gasteiger partial charge on any atom is 0.254 e. The van der Waals surface area contributed by atoms with Crippen molar-refractivity contribution in [3.05, 3.63) is 71.7 Å². The van der Waals surface area contributed by atoms with E-state index < -0.39 is 17.7 Å². The van der Waals surface area contributed by atoms with E-state index in [1.165, 1.54) is 31.6 Å². The summed E-state index contributed by atoms with van der Waals surface area (Å²) < 4.78 is 41.3. The number of ether oxygens (including phenoxy) is 2. The van der Waals surface area contributed by atoms with Crippen molar-refractivity contribution in [1.29, 1.82) is 0 Å². The zero-order valence-corrected chi connectivity index (χ0v) is 27.8. The standard InChI is InChI=1S/C35H41F2N7O5/c1-21-16-24(41-32-33-39-18-28(44(33)13-10-38-32)27-6-7-29(48-3)31(37)30(27)36)4-5-26(21)35(47)43-11-8-23(9-12-43)34(46)40-17-25(45)20-42-14-15-49-22(2)19-42/h4-7,10,13,16,18,22-23,25,45H,8-9,11-12,14-15,17,19-20H2,1-3H3,(H,38,41)(H,40,46). The molecule has 4 heterocycles. The number of fused-ring (bicyclic) bond motifs is 1. The fraction of sp³-hybridized carbons (Fsp3) is 0.429. The molecule has 2 aliphatic rings. The molecule has 0 radical (unpaired) electrons. The molecule has 4 aromatic rings. The summed E-state index contributed by atoms with van der Waals surface area (Å²) >= 11 is 0. The van der Waals surface area contributed by atoms with E-state index in [4.69, 9.17) is 9.47 Å². The minimum atomic E-state index is -1.08. The number of hydrogen-bond donors (Lipinski definition) is 3. The number of aryl methyl sites for hydroxylation is 1. The van der Waals surface area contributed by atoms with E-state index in [0.717, 1.165) is 18.7 Å². The van der Waals surface area contributed by atoms with Crippen molar-refractivity contribution in [2.45, 2.75) is 38.9 Å². The highest BCUT2D eigenvalue weighted by Gasteiger charge is 2.29. The van der Waals surface area contributed by atoms with E-state index in [1.54, 1.807) is 27.6 Å². The molecule has 2 aromatic heterocycles. The van der Waals surface area contributed by atoms with Gasteiger partial charge in [0.25, 0.3) is 5.91 Å². The molecule has 12 nitrogen and oxygen atoms in total. The van der Waals surface area contributed by atoms with E-state index in [-0.39, 0.29) is 41.7 Å². The number of rotatable bonds is 10. The van der Waals surface area contributed by atoms with Crippen molar-refractivity contribution in [3.8, 4) is 17.0 Å². The van der Waals surface area contributed by atoms with Gasteiger partial charge in [0.15, 0.2) is 23.0 Å². The highest BCUT2D eigenvalue weighted by atomic mass is 19.2. The van der Waals surface area contributed by atoms with E-state index in [1.807, 2.05) is 19.9 Å². The van der Waals surface area contributed by atoms with Gasteiger partial charge in [-0.05, 0) is 62.6 Å². The molecule has 14 heteroatoms. The number of aliphatic hydroxyl groups is 1. The third kappa shape index (κ3) is 7.51. The molecule has 260 valence electrons. The summed E-state index contributed by atoms with van der Waals surface area (Å²) in [5.74, 6) is -2.33. The monoisotopic (exact) mass is 677 g/mol. The van der Waals surface area contributed by atoms with Crippen LogP contribution in [0.1, 0.15) is 35.7 Å². The van der Waals surface area contributed by atoms with Gasteiger partial charge in [0.05, 0.1) is 37.8 Å².